The second-order valence-electron chi connectivity index (χ2n) is 6.16. The zero-order chi connectivity index (χ0) is 14.0. The molecule has 1 saturated heterocycles. The molecule has 2 aliphatic rings. The van der Waals surface area contributed by atoms with Crippen LogP contribution in [-0.4, -0.2) is 55.4 Å². The molecule has 0 aromatic carbocycles. The van der Waals surface area contributed by atoms with Crippen LogP contribution in [0.4, 0.5) is 0 Å². The third-order valence-electron chi connectivity index (χ3n) is 4.31. The summed E-state index contributed by atoms with van der Waals surface area (Å²) in [5, 5.41) is 13.1. The quantitative estimate of drug-likeness (QED) is 0.695. The minimum atomic E-state index is -3.14. The van der Waals surface area contributed by atoms with Crippen molar-refractivity contribution < 1.29 is 13.5 Å². The minimum Gasteiger partial charge on any atom is -0.393 e. The number of hydrogen-bond donors (Lipinski definition) is 2. The molecule has 2 rings (SSSR count). The van der Waals surface area contributed by atoms with Gasteiger partial charge in [0.2, 0.25) is 10.0 Å². The van der Waals surface area contributed by atoms with Crippen molar-refractivity contribution in [3.05, 3.63) is 0 Å². The van der Waals surface area contributed by atoms with Gasteiger partial charge in [-0.15, -0.1) is 0 Å². The van der Waals surface area contributed by atoms with E-state index in [1.807, 2.05) is 0 Å². The molecule has 0 spiro atoms. The number of fused-ring (bicyclic) bond motifs is 1. The SMILES string of the molecule is CC(C)NCCCS(=O)(=O)N1CC2CCC(O)C2C1. The van der Waals surface area contributed by atoms with Gasteiger partial charge in [0.25, 0.3) is 0 Å². The zero-order valence-electron chi connectivity index (χ0n) is 11.9. The Bertz CT molecular complexity index is 397. The lowest BCUT2D eigenvalue weighted by Gasteiger charge is -2.18. The summed E-state index contributed by atoms with van der Waals surface area (Å²) in [6, 6.07) is 0.393. The van der Waals surface area contributed by atoms with Crippen molar-refractivity contribution in [1.82, 2.24) is 9.62 Å². The maximum atomic E-state index is 12.2. The van der Waals surface area contributed by atoms with E-state index in [4.69, 9.17) is 0 Å². The predicted molar refractivity (Wildman–Crippen MR) is 75.3 cm³/mol. The fraction of sp³-hybridized carbons (Fsp3) is 1.00. The number of rotatable bonds is 6. The number of nitrogens with zero attached hydrogens (tertiary/aromatic N) is 1. The summed E-state index contributed by atoms with van der Waals surface area (Å²) in [6.07, 6.45) is 2.15. The average Bonchev–Trinajstić information content (AvgIpc) is 2.88. The van der Waals surface area contributed by atoms with Crippen LogP contribution in [0.25, 0.3) is 0 Å². The topological polar surface area (TPSA) is 69.6 Å². The van der Waals surface area contributed by atoms with Crippen molar-refractivity contribution in [2.24, 2.45) is 11.8 Å². The molecule has 0 aromatic heterocycles. The lowest BCUT2D eigenvalue weighted by molar-refractivity contribution is 0.129. The highest BCUT2D eigenvalue weighted by molar-refractivity contribution is 7.89. The molecule has 0 bridgehead atoms. The van der Waals surface area contributed by atoms with Crippen molar-refractivity contribution >= 4 is 10.0 Å². The van der Waals surface area contributed by atoms with E-state index in [1.165, 1.54) is 0 Å². The summed E-state index contributed by atoms with van der Waals surface area (Å²) in [7, 11) is -3.14. The third kappa shape index (κ3) is 3.68. The number of aliphatic hydroxyl groups is 1. The highest BCUT2D eigenvalue weighted by Gasteiger charge is 2.45. The summed E-state index contributed by atoms with van der Waals surface area (Å²) in [5.41, 5.74) is 0. The molecule has 112 valence electrons. The van der Waals surface area contributed by atoms with Crippen LogP contribution >= 0.6 is 0 Å². The Hall–Kier alpha value is -0.170. The molecule has 2 fully saturated rings. The largest absolute Gasteiger partial charge is 0.393 e. The van der Waals surface area contributed by atoms with Crippen molar-refractivity contribution in [3.63, 3.8) is 0 Å². The molecular formula is C13H26N2O3S. The van der Waals surface area contributed by atoms with Crippen LogP contribution in [0.15, 0.2) is 0 Å². The molecule has 6 heteroatoms. The van der Waals surface area contributed by atoms with E-state index in [1.54, 1.807) is 4.31 Å². The smallest absolute Gasteiger partial charge is 0.214 e. The molecule has 1 aliphatic carbocycles. The van der Waals surface area contributed by atoms with Crippen LogP contribution in [0, 0.1) is 11.8 Å². The van der Waals surface area contributed by atoms with Crippen LogP contribution in [0.5, 0.6) is 0 Å². The molecule has 1 heterocycles. The van der Waals surface area contributed by atoms with E-state index in [9.17, 15) is 13.5 Å². The Kier molecular flexibility index (Phi) is 4.87. The van der Waals surface area contributed by atoms with Crippen molar-refractivity contribution in [2.75, 3.05) is 25.4 Å². The zero-order valence-corrected chi connectivity index (χ0v) is 12.7. The normalized spacial score (nSPS) is 32.1. The molecule has 3 unspecified atom stereocenters. The molecule has 5 nitrogen and oxygen atoms in total. The average molecular weight is 290 g/mol. The predicted octanol–water partition coefficient (Wildman–Crippen LogP) is 0.407. The summed E-state index contributed by atoms with van der Waals surface area (Å²) >= 11 is 0. The standard InChI is InChI=1S/C13H26N2O3S/c1-10(2)14-6-3-7-19(17,18)15-8-11-4-5-13(16)12(11)9-15/h10-14,16H,3-9H2,1-2H3. The Balaban J connectivity index is 1.81. The third-order valence-corrected chi connectivity index (χ3v) is 6.20. The van der Waals surface area contributed by atoms with E-state index < -0.39 is 10.0 Å². The molecule has 2 N–H and O–H groups in total. The molecular weight excluding hydrogens is 264 g/mol. The molecule has 1 saturated carbocycles. The van der Waals surface area contributed by atoms with Gasteiger partial charge < -0.3 is 10.4 Å². The fourth-order valence-corrected chi connectivity index (χ4v) is 4.78. The summed E-state index contributed by atoms with van der Waals surface area (Å²) in [6.45, 7) is 5.97. The Morgan fingerprint density at radius 1 is 1.32 bits per heavy atom. The van der Waals surface area contributed by atoms with Crippen LogP contribution in [-0.2, 0) is 10.0 Å². The monoisotopic (exact) mass is 290 g/mol. The number of hydrogen-bond acceptors (Lipinski definition) is 4. The first-order valence-electron chi connectivity index (χ1n) is 7.29. The van der Waals surface area contributed by atoms with E-state index in [0.717, 1.165) is 19.4 Å². The van der Waals surface area contributed by atoms with Gasteiger partial charge in [-0.2, -0.15) is 0 Å². The summed E-state index contributed by atoms with van der Waals surface area (Å²) in [4.78, 5) is 0. The van der Waals surface area contributed by atoms with Crippen LogP contribution in [0.2, 0.25) is 0 Å². The van der Waals surface area contributed by atoms with Gasteiger partial charge in [-0.3, -0.25) is 0 Å². The number of sulfonamides is 1. The fourth-order valence-electron chi connectivity index (χ4n) is 3.20. The van der Waals surface area contributed by atoms with Crippen molar-refractivity contribution in [2.45, 2.75) is 45.3 Å². The van der Waals surface area contributed by atoms with E-state index in [-0.39, 0.29) is 17.8 Å². The van der Waals surface area contributed by atoms with Crippen LogP contribution < -0.4 is 5.32 Å². The Morgan fingerprint density at radius 3 is 2.68 bits per heavy atom. The second kappa shape index (κ2) is 6.08. The Morgan fingerprint density at radius 2 is 2.05 bits per heavy atom. The summed E-state index contributed by atoms with van der Waals surface area (Å²) in [5.74, 6) is 0.754. The van der Waals surface area contributed by atoms with Gasteiger partial charge in [-0.1, -0.05) is 13.8 Å². The second-order valence-corrected chi connectivity index (χ2v) is 8.25. The van der Waals surface area contributed by atoms with Gasteiger partial charge in [0.1, 0.15) is 0 Å². The van der Waals surface area contributed by atoms with Gasteiger partial charge in [0.05, 0.1) is 11.9 Å². The van der Waals surface area contributed by atoms with E-state index in [2.05, 4.69) is 19.2 Å². The molecule has 19 heavy (non-hydrogen) atoms. The van der Waals surface area contributed by atoms with Gasteiger partial charge in [0.15, 0.2) is 0 Å². The number of nitrogens with one attached hydrogen (secondary N) is 1. The van der Waals surface area contributed by atoms with Crippen LogP contribution in [0.1, 0.15) is 33.1 Å². The van der Waals surface area contributed by atoms with Gasteiger partial charge >= 0.3 is 0 Å². The molecule has 0 radical (unpaired) electrons. The molecule has 1 aliphatic heterocycles. The minimum absolute atomic E-state index is 0.170. The van der Waals surface area contributed by atoms with Crippen molar-refractivity contribution in [1.29, 1.82) is 0 Å². The molecule has 0 amide bonds. The first-order chi connectivity index (χ1) is 8.90. The maximum Gasteiger partial charge on any atom is 0.214 e. The highest BCUT2D eigenvalue weighted by Crippen LogP contribution is 2.39. The first kappa shape index (κ1) is 15.2. The van der Waals surface area contributed by atoms with Crippen molar-refractivity contribution in [3.8, 4) is 0 Å². The van der Waals surface area contributed by atoms with Gasteiger partial charge in [0, 0.05) is 25.0 Å². The van der Waals surface area contributed by atoms with Gasteiger partial charge in [-0.05, 0) is 31.7 Å². The lowest BCUT2D eigenvalue weighted by Crippen LogP contribution is -2.34. The molecule has 3 atom stereocenters. The highest BCUT2D eigenvalue weighted by atomic mass is 32.2. The van der Waals surface area contributed by atoms with Crippen LogP contribution in [0.3, 0.4) is 0 Å². The van der Waals surface area contributed by atoms with E-state index >= 15 is 0 Å². The summed E-state index contributed by atoms with van der Waals surface area (Å²) < 4.78 is 26.1. The molecule has 0 aromatic rings. The number of aliphatic hydroxyl groups excluding tert-OH is 1. The first-order valence-corrected chi connectivity index (χ1v) is 8.90. The van der Waals surface area contributed by atoms with Gasteiger partial charge in [-0.25, -0.2) is 12.7 Å². The maximum absolute atomic E-state index is 12.2. The van der Waals surface area contributed by atoms with E-state index in [0.29, 0.717) is 31.5 Å². The lowest BCUT2D eigenvalue weighted by atomic mass is 10.00. The Labute approximate surface area is 116 Å².